The van der Waals surface area contributed by atoms with Crippen molar-refractivity contribution in [1.29, 1.82) is 0 Å². The molecule has 5 heteroatoms. The Morgan fingerprint density at radius 1 is 1.20 bits per heavy atom. The molecule has 0 aliphatic carbocycles. The molecule has 0 saturated heterocycles. The normalized spacial score (nSPS) is 13.8. The van der Waals surface area contributed by atoms with E-state index >= 15 is 0 Å². The lowest BCUT2D eigenvalue weighted by molar-refractivity contribution is 0.257. The van der Waals surface area contributed by atoms with E-state index in [0.29, 0.717) is 0 Å². The summed E-state index contributed by atoms with van der Waals surface area (Å²) >= 11 is 5.20. The Morgan fingerprint density at radius 2 is 2.05 bits per heavy atom. The molecule has 2 amide bonds. The summed E-state index contributed by atoms with van der Waals surface area (Å²) in [5.74, 6) is 0.920. The molecular formula is C15H13BrN2OS. The number of hydrogen-bond donors (Lipinski definition) is 1. The van der Waals surface area contributed by atoms with Crippen LogP contribution in [0.5, 0.6) is 0 Å². The fourth-order valence-corrected chi connectivity index (χ4v) is 3.53. The van der Waals surface area contributed by atoms with Crippen molar-refractivity contribution in [1.82, 2.24) is 0 Å². The number of rotatable bonds is 1. The molecule has 1 N–H and O–H groups in total. The molecule has 2 aromatic carbocycles. The molecule has 0 spiro atoms. The molecule has 0 unspecified atom stereocenters. The Hall–Kier alpha value is -1.46. The molecule has 0 bridgehead atoms. The SMILES string of the molecule is O=C(Nc1cccc(Br)c1)N1CCSc2ccccc21. The van der Waals surface area contributed by atoms with Crippen LogP contribution in [0.3, 0.4) is 0 Å². The minimum Gasteiger partial charge on any atom is -0.308 e. The second-order valence-electron chi connectivity index (χ2n) is 4.41. The maximum absolute atomic E-state index is 12.4. The van der Waals surface area contributed by atoms with Gasteiger partial charge >= 0.3 is 6.03 Å². The zero-order chi connectivity index (χ0) is 13.9. The number of fused-ring (bicyclic) bond motifs is 1. The minimum atomic E-state index is -0.0872. The van der Waals surface area contributed by atoms with Crippen LogP contribution >= 0.6 is 27.7 Å². The number of urea groups is 1. The van der Waals surface area contributed by atoms with Gasteiger partial charge in [0.25, 0.3) is 0 Å². The van der Waals surface area contributed by atoms with Crippen LogP contribution in [0.2, 0.25) is 0 Å². The minimum absolute atomic E-state index is 0.0872. The molecule has 0 fully saturated rings. The van der Waals surface area contributed by atoms with Gasteiger partial charge in [-0.05, 0) is 30.3 Å². The Labute approximate surface area is 130 Å². The number of nitrogens with zero attached hydrogens (tertiary/aromatic N) is 1. The van der Waals surface area contributed by atoms with Crippen LogP contribution in [0, 0.1) is 0 Å². The van der Waals surface area contributed by atoms with Gasteiger partial charge in [0, 0.05) is 27.4 Å². The smallest absolute Gasteiger partial charge is 0.308 e. The van der Waals surface area contributed by atoms with Crippen LogP contribution in [0.15, 0.2) is 57.9 Å². The summed E-state index contributed by atoms with van der Waals surface area (Å²) < 4.78 is 0.949. The zero-order valence-electron chi connectivity index (χ0n) is 10.7. The van der Waals surface area contributed by atoms with Gasteiger partial charge in [-0.3, -0.25) is 4.90 Å². The first-order chi connectivity index (χ1) is 9.74. The Bertz CT molecular complexity index is 647. The molecule has 0 saturated carbocycles. The number of amides is 2. The standard InChI is InChI=1S/C15H13BrN2OS/c16-11-4-3-5-12(10-11)17-15(19)18-8-9-20-14-7-2-1-6-13(14)18/h1-7,10H,8-9H2,(H,17,19). The summed E-state index contributed by atoms with van der Waals surface area (Å²) in [6.07, 6.45) is 0. The first-order valence-corrected chi connectivity index (χ1v) is 8.08. The van der Waals surface area contributed by atoms with Gasteiger partial charge in [0.1, 0.15) is 0 Å². The van der Waals surface area contributed by atoms with Crippen LogP contribution in [0.1, 0.15) is 0 Å². The average molecular weight is 349 g/mol. The van der Waals surface area contributed by atoms with Crippen LogP contribution in [-0.2, 0) is 0 Å². The monoisotopic (exact) mass is 348 g/mol. The van der Waals surface area contributed by atoms with Crippen molar-refractivity contribution in [2.45, 2.75) is 4.90 Å². The highest BCUT2D eigenvalue weighted by molar-refractivity contribution is 9.10. The van der Waals surface area contributed by atoms with E-state index in [2.05, 4.69) is 27.3 Å². The van der Waals surface area contributed by atoms with E-state index in [4.69, 9.17) is 0 Å². The quantitative estimate of drug-likeness (QED) is 0.817. The topological polar surface area (TPSA) is 32.3 Å². The van der Waals surface area contributed by atoms with Crippen molar-refractivity contribution in [3.8, 4) is 0 Å². The van der Waals surface area contributed by atoms with E-state index in [1.807, 2.05) is 42.5 Å². The zero-order valence-corrected chi connectivity index (χ0v) is 13.1. The number of carbonyl (C=O) groups is 1. The van der Waals surface area contributed by atoms with Gasteiger partial charge in [0.2, 0.25) is 0 Å². The number of para-hydroxylation sites is 1. The van der Waals surface area contributed by atoms with Crippen LogP contribution in [0.25, 0.3) is 0 Å². The molecule has 102 valence electrons. The van der Waals surface area contributed by atoms with E-state index in [0.717, 1.165) is 33.0 Å². The van der Waals surface area contributed by atoms with Crippen molar-refractivity contribution >= 4 is 45.1 Å². The maximum atomic E-state index is 12.4. The number of carbonyl (C=O) groups excluding carboxylic acids is 1. The second-order valence-corrected chi connectivity index (χ2v) is 6.46. The number of anilines is 2. The average Bonchev–Trinajstić information content (AvgIpc) is 2.46. The predicted octanol–water partition coefficient (Wildman–Crippen LogP) is 4.59. The van der Waals surface area contributed by atoms with E-state index in [1.165, 1.54) is 0 Å². The number of benzene rings is 2. The maximum Gasteiger partial charge on any atom is 0.326 e. The van der Waals surface area contributed by atoms with Gasteiger partial charge < -0.3 is 5.32 Å². The molecule has 3 rings (SSSR count). The second kappa shape index (κ2) is 5.89. The number of nitrogens with one attached hydrogen (secondary N) is 1. The highest BCUT2D eigenvalue weighted by atomic mass is 79.9. The van der Waals surface area contributed by atoms with Crippen molar-refractivity contribution in [3.63, 3.8) is 0 Å². The number of halogens is 1. The van der Waals surface area contributed by atoms with Crippen molar-refractivity contribution in [2.24, 2.45) is 0 Å². The molecule has 1 aliphatic rings. The number of hydrogen-bond acceptors (Lipinski definition) is 2. The fraction of sp³-hybridized carbons (Fsp3) is 0.133. The lowest BCUT2D eigenvalue weighted by atomic mass is 10.3. The summed E-state index contributed by atoms with van der Waals surface area (Å²) in [6.45, 7) is 0.724. The summed E-state index contributed by atoms with van der Waals surface area (Å²) in [4.78, 5) is 15.4. The molecule has 0 atom stereocenters. The van der Waals surface area contributed by atoms with Gasteiger partial charge in [-0.25, -0.2) is 4.79 Å². The third-order valence-electron chi connectivity index (χ3n) is 3.05. The van der Waals surface area contributed by atoms with Crippen LogP contribution < -0.4 is 10.2 Å². The lowest BCUT2D eigenvalue weighted by Crippen LogP contribution is -2.38. The molecule has 1 aliphatic heterocycles. The Morgan fingerprint density at radius 3 is 2.90 bits per heavy atom. The first-order valence-electron chi connectivity index (χ1n) is 6.30. The van der Waals surface area contributed by atoms with E-state index < -0.39 is 0 Å². The van der Waals surface area contributed by atoms with Crippen LogP contribution in [-0.4, -0.2) is 18.3 Å². The van der Waals surface area contributed by atoms with E-state index in [1.54, 1.807) is 16.7 Å². The Balaban J connectivity index is 1.82. The fourth-order valence-electron chi connectivity index (χ4n) is 2.14. The molecule has 0 aromatic heterocycles. The molecule has 1 heterocycles. The van der Waals surface area contributed by atoms with Crippen molar-refractivity contribution in [3.05, 3.63) is 53.0 Å². The van der Waals surface area contributed by atoms with E-state index in [9.17, 15) is 4.79 Å². The predicted molar refractivity (Wildman–Crippen MR) is 87.7 cm³/mol. The number of thioether (sulfide) groups is 1. The third-order valence-corrected chi connectivity index (χ3v) is 4.59. The lowest BCUT2D eigenvalue weighted by Gasteiger charge is -2.29. The van der Waals surface area contributed by atoms with Crippen molar-refractivity contribution < 1.29 is 4.79 Å². The van der Waals surface area contributed by atoms with Gasteiger partial charge in [-0.2, -0.15) is 0 Å². The molecule has 2 aromatic rings. The third kappa shape index (κ3) is 2.83. The summed E-state index contributed by atoms with van der Waals surface area (Å²) in [5, 5.41) is 2.94. The van der Waals surface area contributed by atoms with Gasteiger partial charge in [-0.1, -0.05) is 34.1 Å². The van der Waals surface area contributed by atoms with Gasteiger partial charge in [0.15, 0.2) is 0 Å². The molecule has 0 radical (unpaired) electrons. The van der Waals surface area contributed by atoms with Crippen molar-refractivity contribution in [2.75, 3.05) is 22.5 Å². The highest BCUT2D eigenvalue weighted by Crippen LogP contribution is 2.34. The highest BCUT2D eigenvalue weighted by Gasteiger charge is 2.22. The summed E-state index contributed by atoms with van der Waals surface area (Å²) in [7, 11) is 0. The molecular weight excluding hydrogens is 336 g/mol. The van der Waals surface area contributed by atoms with Crippen LogP contribution in [0.4, 0.5) is 16.2 Å². The van der Waals surface area contributed by atoms with Gasteiger partial charge in [-0.15, -0.1) is 11.8 Å². The summed E-state index contributed by atoms with van der Waals surface area (Å²) in [6, 6.07) is 15.5. The largest absolute Gasteiger partial charge is 0.326 e. The Kier molecular flexibility index (Phi) is 3.98. The molecule has 20 heavy (non-hydrogen) atoms. The summed E-state index contributed by atoms with van der Waals surface area (Å²) in [5.41, 5.74) is 1.77. The first kappa shape index (κ1) is 13.5. The van der Waals surface area contributed by atoms with E-state index in [-0.39, 0.29) is 6.03 Å². The molecule has 3 nitrogen and oxygen atoms in total. The van der Waals surface area contributed by atoms with Gasteiger partial charge in [0.05, 0.1) is 5.69 Å².